The van der Waals surface area contributed by atoms with Crippen LogP contribution in [0.5, 0.6) is 0 Å². The van der Waals surface area contributed by atoms with Crippen LogP contribution in [0.3, 0.4) is 0 Å². The molecule has 4 heterocycles. The van der Waals surface area contributed by atoms with Crippen molar-refractivity contribution < 1.29 is 4.79 Å². The highest BCUT2D eigenvalue weighted by Gasteiger charge is 2.50. The maximum absolute atomic E-state index is 12.9. The molecule has 0 unspecified atom stereocenters. The summed E-state index contributed by atoms with van der Waals surface area (Å²) in [5.74, 6) is -0.152. The van der Waals surface area contributed by atoms with E-state index < -0.39 is 17.3 Å². The summed E-state index contributed by atoms with van der Waals surface area (Å²) in [5, 5.41) is 4.87. The summed E-state index contributed by atoms with van der Waals surface area (Å²) in [5.41, 5.74) is 2.51. The van der Waals surface area contributed by atoms with E-state index in [1.165, 1.54) is 35.2 Å². The molecule has 0 aliphatic carbocycles. The second kappa shape index (κ2) is 6.86. The van der Waals surface area contributed by atoms with Crippen molar-refractivity contribution >= 4 is 28.6 Å². The van der Waals surface area contributed by atoms with Crippen molar-refractivity contribution in [1.82, 2.24) is 24.0 Å². The number of likely N-dealkylation sites (tertiary alicyclic amines) is 1. The Morgan fingerprint density at radius 3 is 2.67 bits per heavy atom. The number of amides is 1. The minimum absolute atomic E-state index is 0.152. The van der Waals surface area contributed by atoms with E-state index >= 15 is 0 Å². The Kier molecular flexibility index (Phi) is 4.52. The molecule has 0 spiro atoms. The molecule has 10 heteroatoms. The summed E-state index contributed by atoms with van der Waals surface area (Å²) in [4.78, 5) is 47.6. The first-order chi connectivity index (χ1) is 13.0. The molecule has 0 saturated carbocycles. The molecule has 1 amide bonds. The average molecular weight is 403 g/mol. The fourth-order valence-electron chi connectivity index (χ4n) is 3.30. The molecular weight excluding hydrogens is 386 g/mol. The number of hydrogen-bond donors (Lipinski definition) is 0. The van der Waals surface area contributed by atoms with Gasteiger partial charge in [-0.2, -0.15) is 0 Å². The van der Waals surface area contributed by atoms with Gasteiger partial charge in [0.2, 0.25) is 5.91 Å². The van der Waals surface area contributed by atoms with Gasteiger partial charge in [0.1, 0.15) is 12.1 Å². The van der Waals surface area contributed by atoms with Crippen LogP contribution in [-0.4, -0.2) is 36.5 Å². The maximum Gasteiger partial charge on any atom is 0.331 e. The number of rotatable bonds is 5. The average Bonchev–Trinajstić information content (AvgIpc) is 3.31. The summed E-state index contributed by atoms with van der Waals surface area (Å²) in [6.07, 6.45) is 2.04. The monoisotopic (exact) mass is 403 g/mol. The Morgan fingerprint density at radius 2 is 2.00 bits per heavy atom. The predicted octanol–water partition coefficient (Wildman–Crippen LogP) is 1.14. The lowest BCUT2D eigenvalue weighted by atomic mass is 9.91. The quantitative estimate of drug-likeness (QED) is 0.596. The van der Waals surface area contributed by atoms with E-state index in [-0.39, 0.29) is 11.9 Å². The molecule has 1 saturated heterocycles. The van der Waals surface area contributed by atoms with Crippen molar-refractivity contribution in [3.63, 3.8) is 0 Å². The lowest BCUT2D eigenvalue weighted by Crippen LogP contribution is -2.59. The molecule has 4 rings (SSSR count). The number of carbonyl (C=O) groups is 1. The molecule has 0 radical (unpaired) electrons. The van der Waals surface area contributed by atoms with Crippen LogP contribution in [0.25, 0.3) is 0 Å². The van der Waals surface area contributed by atoms with Gasteiger partial charge in [0.25, 0.3) is 5.56 Å². The Balaban J connectivity index is 1.65. The fourth-order valence-corrected chi connectivity index (χ4v) is 4.53. The van der Waals surface area contributed by atoms with E-state index in [2.05, 4.69) is 9.97 Å². The van der Waals surface area contributed by atoms with E-state index in [0.29, 0.717) is 13.0 Å². The summed E-state index contributed by atoms with van der Waals surface area (Å²) in [6.45, 7) is 2.45. The highest BCUT2D eigenvalue weighted by atomic mass is 32.1. The molecule has 0 aromatic carbocycles. The van der Waals surface area contributed by atoms with Gasteiger partial charge in [-0.1, -0.05) is 0 Å². The van der Waals surface area contributed by atoms with Gasteiger partial charge >= 0.3 is 5.69 Å². The molecule has 27 heavy (non-hydrogen) atoms. The molecule has 140 valence electrons. The summed E-state index contributed by atoms with van der Waals surface area (Å²) >= 11 is 3.02. The van der Waals surface area contributed by atoms with Gasteiger partial charge < -0.3 is 4.90 Å². The van der Waals surface area contributed by atoms with Crippen LogP contribution in [0, 0.1) is 6.92 Å². The largest absolute Gasteiger partial charge is 0.331 e. The number of hydrogen-bond acceptors (Lipinski definition) is 7. The molecule has 3 aromatic rings. The third-order valence-electron chi connectivity index (χ3n) is 4.72. The Labute approximate surface area is 162 Å². The van der Waals surface area contributed by atoms with Gasteiger partial charge in [-0.25, -0.2) is 14.8 Å². The van der Waals surface area contributed by atoms with E-state index in [4.69, 9.17) is 0 Å². The first kappa shape index (κ1) is 17.8. The molecule has 2 atom stereocenters. The lowest BCUT2D eigenvalue weighted by molar-refractivity contribution is -0.155. The van der Waals surface area contributed by atoms with Gasteiger partial charge in [-0.15, -0.1) is 22.7 Å². The molecule has 1 aliphatic rings. The number of carbonyl (C=O) groups excluding carboxylic acids is 1. The SMILES string of the molecule is Cc1nc(CCN2C(=O)[C@H](n3ccc(=O)n(C)c3=O)[C@@H]2c2cscn2)cs1. The minimum atomic E-state index is -0.691. The molecule has 1 fully saturated rings. The lowest BCUT2D eigenvalue weighted by Gasteiger charge is -2.46. The van der Waals surface area contributed by atoms with Crippen LogP contribution in [0.15, 0.2) is 38.1 Å². The Hall–Kier alpha value is -2.59. The van der Waals surface area contributed by atoms with Crippen LogP contribution in [0.4, 0.5) is 0 Å². The highest BCUT2D eigenvalue weighted by molar-refractivity contribution is 7.09. The predicted molar refractivity (Wildman–Crippen MR) is 102 cm³/mol. The molecule has 0 N–H and O–H groups in total. The minimum Gasteiger partial charge on any atom is -0.329 e. The zero-order valence-electron chi connectivity index (χ0n) is 14.7. The van der Waals surface area contributed by atoms with Crippen LogP contribution in [0.2, 0.25) is 0 Å². The van der Waals surface area contributed by atoms with Crippen LogP contribution in [0.1, 0.15) is 28.5 Å². The van der Waals surface area contributed by atoms with Crippen LogP contribution < -0.4 is 11.2 Å². The molecular formula is C17H17N5O3S2. The zero-order chi connectivity index (χ0) is 19.1. The molecule has 1 aliphatic heterocycles. The van der Waals surface area contributed by atoms with Crippen LogP contribution in [-0.2, 0) is 18.3 Å². The third-order valence-corrected chi connectivity index (χ3v) is 6.14. The van der Waals surface area contributed by atoms with Gasteiger partial charge in [0, 0.05) is 43.0 Å². The van der Waals surface area contributed by atoms with Crippen molar-refractivity contribution in [2.75, 3.05) is 6.54 Å². The van der Waals surface area contributed by atoms with Crippen LogP contribution >= 0.6 is 22.7 Å². The molecule has 3 aromatic heterocycles. The highest BCUT2D eigenvalue weighted by Crippen LogP contribution is 2.42. The Morgan fingerprint density at radius 1 is 1.19 bits per heavy atom. The van der Waals surface area contributed by atoms with E-state index in [0.717, 1.165) is 21.0 Å². The van der Waals surface area contributed by atoms with Gasteiger partial charge in [0.05, 0.1) is 21.9 Å². The summed E-state index contributed by atoms with van der Waals surface area (Å²) in [7, 11) is 1.41. The smallest absolute Gasteiger partial charge is 0.329 e. The zero-order valence-corrected chi connectivity index (χ0v) is 16.4. The van der Waals surface area contributed by atoms with Crippen molar-refractivity contribution in [2.45, 2.75) is 25.4 Å². The second-order valence-electron chi connectivity index (χ2n) is 6.35. The summed E-state index contributed by atoms with van der Waals surface area (Å²) < 4.78 is 2.34. The summed E-state index contributed by atoms with van der Waals surface area (Å²) in [6, 6.07) is 0.273. The van der Waals surface area contributed by atoms with Gasteiger partial charge in [-0.3, -0.25) is 18.7 Å². The van der Waals surface area contributed by atoms with Crippen molar-refractivity contribution in [3.05, 3.63) is 65.8 Å². The first-order valence-electron chi connectivity index (χ1n) is 8.35. The van der Waals surface area contributed by atoms with Gasteiger partial charge in [-0.05, 0) is 6.92 Å². The fraction of sp³-hybridized carbons (Fsp3) is 0.353. The number of nitrogens with zero attached hydrogens (tertiary/aromatic N) is 5. The number of aryl methyl sites for hydroxylation is 1. The first-order valence-corrected chi connectivity index (χ1v) is 10.2. The molecule has 0 bridgehead atoms. The molecule has 8 nitrogen and oxygen atoms in total. The standard InChI is InChI=1S/C17H17N5O3S2/c1-10-19-11(7-27-10)3-5-21-14(12-8-26-9-18-12)15(16(21)24)22-6-4-13(23)20(2)17(22)25/h4,6-9,14-15H,3,5H2,1-2H3/t14-,15+/m0/s1. The second-order valence-corrected chi connectivity index (χ2v) is 8.13. The van der Waals surface area contributed by atoms with Crippen molar-refractivity contribution in [2.24, 2.45) is 7.05 Å². The number of aromatic nitrogens is 4. The Bertz CT molecular complexity index is 1100. The van der Waals surface area contributed by atoms with E-state index in [9.17, 15) is 14.4 Å². The van der Waals surface area contributed by atoms with Crippen molar-refractivity contribution in [1.29, 1.82) is 0 Å². The topological polar surface area (TPSA) is 90.1 Å². The number of thiazole rings is 2. The normalized spacial score (nSPS) is 19.3. The van der Waals surface area contributed by atoms with E-state index in [1.54, 1.807) is 21.7 Å². The van der Waals surface area contributed by atoms with Gasteiger partial charge in [0.15, 0.2) is 0 Å². The third kappa shape index (κ3) is 3.04. The maximum atomic E-state index is 12.9. The number of β-lactam (4-membered cyclic amide) rings is 1. The van der Waals surface area contributed by atoms with Crippen molar-refractivity contribution in [3.8, 4) is 0 Å². The van der Waals surface area contributed by atoms with E-state index in [1.807, 2.05) is 17.7 Å².